The second-order valence-corrected chi connectivity index (χ2v) is 6.87. The summed E-state index contributed by atoms with van der Waals surface area (Å²) >= 11 is 0. The summed E-state index contributed by atoms with van der Waals surface area (Å²) in [5, 5.41) is 0. The summed E-state index contributed by atoms with van der Waals surface area (Å²) in [6.07, 6.45) is 8.09. The van der Waals surface area contributed by atoms with Crippen LogP contribution in [-0.4, -0.2) is 29.7 Å². The van der Waals surface area contributed by atoms with Crippen molar-refractivity contribution in [2.45, 2.75) is 0 Å². The lowest BCUT2D eigenvalue weighted by molar-refractivity contribution is 0.485. The molecule has 5 heterocycles. The molecule has 0 saturated heterocycles. The number of aromatic amines is 2. The van der Waals surface area contributed by atoms with Crippen molar-refractivity contribution in [1.29, 1.82) is 0 Å². The Morgan fingerprint density at radius 3 is 1.11 bits per heavy atom. The molecule has 7 nitrogen and oxygen atoms in total. The van der Waals surface area contributed by atoms with Crippen LogP contribution in [0.2, 0.25) is 0 Å². The predicted molar refractivity (Wildman–Crippen MR) is 114 cm³/mol. The molecule has 3 aromatic rings. The first-order valence-electron chi connectivity index (χ1n) is 8.50. The minimum Gasteiger partial charge on any atom is -0.355 e. The second-order valence-electron chi connectivity index (χ2n) is 6.23. The van der Waals surface area contributed by atoms with Gasteiger partial charge in [0.25, 0.3) is 0 Å². The van der Waals surface area contributed by atoms with Crippen LogP contribution in [0.15, 0.2) is 48.5 Å². The monoisotopic (exact) mass is 391 g/mol. The average molecular weight is 391 g/mol. The number of aromatic nitrogens is 4. The zero-order chi connectivity index (χ0) is 19.5. The van der Waals surface area contributed by atoms with E-state index in [0.29, 0.717) is 0 Å². The minimum atomic E-state index is -2.12. The van der Waals surface area contributed by atoms with Crippen molar-refractivity contribution in [2.24, 2.45) is 5.50 Å². The van der Waals surface area contributed by atoms with Gasteiger partial charge in [0.15, 0.2) is 0 Å². The van der Waals surface area contributed by atoms with Crippen molar-refractivity contribution in [3.05, 3.63) is 71.3 Å². The van der Waals surface area contributed by atoms with Crippen LogP contribution in [0.1, 0.15) is 22.8 Å². The van der Waals surface area contributed by atoms with Gasteiger partial charge in [0.05, 0.1) is 22.8 Å². The van der Waals surface area contributed by atoms with E-state index in [1.807, 2.05) is 48.6 Å². The zero-order valence-corrected chi connectivity index (χ0v) is 15.6. The van der Waals surface area contributed by atoms with Crippen LogP contribution in [0.25, 0.3) is 46.4 Å². The lowest BCUT2D eigenvalue weighted by Gasteiger charge is -1.85. The van der Waals surface area contributed by atoms with Crippen molar-refractivity contribution in [1.82, 2.24) is 19.9 Å². The lowest BCUT2D eigenvalue weighted by atomic mass is 10.3. The SMILES string of the molecule is C1=Cc2cc3ccc(cc4nc(cc5ccc(cc1n2)[nH]5)C=C4)[nH]3.NP(O)O. The number of hydrogen-bond donors (Lipinski definition) is 5. The Kier molecular flexibility index (Phi) is 5.14. The summed E-state index contributed by atoms with van der Waals surface area (Å²) in [5.41, 5.74) is 12.1. The smallest absolute Gasteiger partial charge is 0.247 e. The molecule has 5 rings (SSSR count). The molecule has 2 aliphatic rings. The third-order valence-electron chi connectivity index (χ3n) is 4.04. The highest BCUT2D eigenvalue weighted by Crippen LogP contribution is 2.16. The number of H-pyrrole nitrogens is 2. The van der Waals surface area contributed by atoms with Crippen molar-refractivity contribution in [3.63, 3.8) is 0 Å². The molecule has 0 fully saturated rings. The van der Waals surface area contributed by atoms with Crippen LogP contribution in [0.3, 0.4) is 0 Å². The molecule has 0 amide bonds. The molecule has 0 atom stereocenters. The fourth-order valence-corrected chi connectivity index (χ4v) is 2.94. The van der Waals surface area contributed by atoms with Crippen LogP contribution in [0.5, 0.6) is 0 Å². The number of rotatable bonds is 0. The maximum atomic E-state index is 7.45. The maximum absolute atomic E-state index is 7.45. The predicted octanol–water partition coefficient (Wildman–Crippen LogP) is 3.81. The van der Waals surface area contributed by atoms with E-state index in [1.165, 1.54) is 0 Å². The molecule has 0 radical (unpaired) electrons. The first-order valence-corrected chi connectivity index (χ1v) is 9.82. The van der Waals surface area contributed by atoms with Crippen molar-refractivity contribution < 1.29 is 9.79 Å². The molecular formula is C20H18N5O2P. The van der Waals surface area contributed by atoms with E-state index in [1.54, 1.807) is 0 Å². The summed E-state index contributed by atoms with van der Waals surface area (Å²) in [6, 6.07) is 16.4. The van der Waals surface area contributed by atoms with E-state index in [4.69, 9.17) is 9.79 Å². The summed E-state index contributed by atoms with van der Waals surface area (Å²) in [5.74, 6) is 0. The molecule has 140 valence electrons. The summed E-state index contributed by atoms with van der Waals surface area (Å²) in [6.45, 7) is 0. The summed E-state index contributed by atoms with van der Waals surface area (Å²) in [4.78, 5) is 30.9. The fourth-order valence-electron chi connectivity index (χ4n) is 2.94. The van der Waals surface area contributed by atoms with E-state index >= 15 is 0 Å². The van der Waals surface area contributed by atoms with Gasteiger partial charge in [-0.2, -0.15) is 0 Å². The molecule has 0 saturated carbocycles. The molecular weight excluding hydrogens is 373 g/mol. The second kappa shape index (κ2) is 7.88. The fraction of sp³-hybridized carbons (Fsp3) is 0. The number of fused-ring (bicyclic) bond motifs is 8. The van der Waals surface area contributed by atoms with Gasteiger partial charge >= 0.3 is 0 Å². The third kappa shape index (κ3) is 4.60. The standard InChI is InChI=1S/C20H14N4.H4NO2P/c1-2-14-10-16-5-6-18(23-16)12-20-8-7-19(24-20)11-17-4-3-15(22-17)9-13(1)21-14;1-4(2)3/h1-12,21,24H;2-3H,1H2. The highest BCUT2D eigenvalue weighted by Gasteiger charge is 2.01. The molecule has 8 heteroatoms. The summed E-state index contributed by atoms with van der Waals surface area (Å²) < 4.78 is 0. The third-order valence-corrected chi connectivity index (χ3v) is 4.04. The highest BCUT2D eigenvalue weighted by molar-refractivity contribution is 7.42. The first kappa shape index (κ1) is 18.3. The number of nitrogens with one attached hydrogen (secondary N) is 2. The van der Waals surface area contributed by atoms with Gasteiger partial charge in [-0.05, 0) is 72.8 Å². The molecule has 0 aliphatic carbocycles. The van der Waals surface area contributed by atoms with E-state index in [2.05, 4.69) is 49.7 Å². The molecule has 2 aliphatic heterocycles. The van der Waals surface area contributed by atoms with Gasteiger partial charge in [0, 0.05) is 22.1 Å². The molecule has 8 bridgehead atoms. The Morgan fingerprint density at radius 2 is 0.857 bits per heavy atom. The molecule has 0 aromatic carbocycles. The van der Waals surface area contributed by atoms with Gasteiger partial charge in [-0.25, -0.2) is 9.97 Å². The van der Waals surface area contributed by atoms with E-state index < -0.39 is 8.53 Å². The number of nitrogens with two attached hydrogens (primary N) is 1. The Balaban J connectivity index is 0.000000442. The number of hydrogen-bond acceptors (Lipinski definition) is 5. The van der Waals surface area contributed by atoms with Crippen LogP contribution >= 0.6 is 8.53 Å². The van der Waals surface area contributed by atoms with E-state index in [9.17, 15) is 0 Å². The quantitative estimate of drug-likeness (QED) is 0.257. The maximum Gasteiger partial charge on any atom is 0.247 e. The van der Waals surface area contributed by atoms with Crippen molar-refractivity contribution in [2.75, 3.05) is 0 Å². The van der Waals surface area contributed by atoms with Gasteiger partial charge in [0.1, 0.15) is 0 Å². The van der Waals surface area contributed by atoms with Crippen LogP contribution < -0.4 is 5.50 Å². The largest absolute Gasteiger partial charge is 0.355 e. The normalized spacial score (nSPS) is 12.1. The molecule has 0 unspecified atom stereocenters. The van der Waals surface area contributed by atoms with Crippen LogP contribution in [-0.2, 0) is 0 Å². The molecule has 3 aromatic heterocycles. The Hall–Kier alpha value is -3.09. The Morgan fingerprint density at radius 1 is 0.607 bits per heavy atom. The van der Waals surface area contributed by atoms with Gasteiger partial charge in [-0.1, -0.05) is 0 Å². The van der Waals surface area contributed by atoms with Crippen molar-refractivity contribution >= 4 is 54.9 Å². The van der Waals surface area contributed by atoms with E-state index in [0.717, 1.165) is 44.8 Å². The average Bonchev–Trinajstić information content (AvgIpc) is 3.39. The molecule has 6 N–H and O–H groups in total. The zero-order valence-electron chi connectivity index (χ0n) is 14.7. The van der Waals surface area contributed by atoms with Gasteiger partial charge in [-0.3, -0.25) is 5.50 Å². The Bertz CT molecular complexity index is 1050. The Labute approximate surface area is 161 Å². The topological polar surface area (TPSA) is 124 Å². The van der Waals surface area contributed by atoms with Crippen LogP contribution in [0.4, 0.5) is 0 Å². The van der Waals surface area contributed by atoms with E-state index in [-0.39, 0.29) is 0 Å². The van der Waals surface area contributed by atoms with Gasteiger partial charge in [-0.15, -0.1) is 0 Å². The van der Waals surface area contributed by atoms with Crippen LogP contribution in [0, 0.1) is 0 Å². The molecule has 0 spiro atoms. The number of nitrogens with zero attached hydrogens (tertiary/aromatic N) is 2. The molecule has 28 heavy (non-hydrogen) atoms. The van der Waals surface area contributed by atoms with Gasteiger partial charge in [0.2, 0.25) is 8.53 Å². The first-order chi connectivity index (χ1) is 13.5. The highest BCUT2D eigenvalue weighted by atomic mass is 31.2. The minimum absolute atomic E-state index is 0.939. The lowest BCUT2D eigenvalue weighted by Crippen LogP contribution is -1.78. The van der Waals surface area contributed by atoms with Gasteiger partial charge < -0.3 is 19.8 Å². The summed E-state index contributed by atoms with van der Waals surface area (Å²) in [7, 11) is -2.12. The van der Waals surface area contributed by atoms with Crippen molar-refractivity contribution in [3.8, 4) is 0 Å².